The highest BCUT2D eigenvalue weighted by molar-refractivity contribution is 6.02. The Balaban J connectivity index is 1.55. The lowest BCUT2D eigenvalue weighted by molar-refractivity contribution is 0.0925. The van der Waals surface area contributed by atoms with Crippen molar-refractivity contribution in [3.05, 3.63) is 66.0 Å². The average Bonchev–Trinajstić information content (AvgIpc) is 3.13. The van der Waals surface area contributed by atoms with Crippen LogP contribution in [0, 0.1) is 0 Å². The first-order chi connectivity index (χ1) is 13.7. The molecule has 28 heavy (non-hydrogen) atoms. The Morgan fingerprint density at radius 1 is 1.04 bits per heavy atom. The maximum absolute atomic E-state index is 12.8. The monoisotopic (exact) mass is 377 g/mol. The minimum absolute atomic E-state index is 0.186. The van der Waals surface area contributed by atoms with E-state index in [1.54, 1.807) is 23.0 Å². The average molecular weight is 377 g/mol. The molecule has 1 fully saturated rings. The lowest BCUT2D eigenvalue weighted by atomic mass is 9.95. The molecule has 1 aliphatic carbocycles. The number of aromatic nitrogens is 3. The van der Waals surface area contributed by atoms with Crippen molar-refractivity contribution in [3.8, 4) is 0 Å². The van der Waals surface area contributed by atoms with E-state index in [1.807, 2.05) is 30.3 Å². The van der Waals surface area contributed by atoms with E-state index < -0.39 is 0 Å². The first-order valence-corrected chi connectivity index (χ1v) is 9.67. The van der Waals surface area contributed by atoms with Crippen LogP contribution in [-0.2, 0) is 6.54 Å². The van der Waals surface area contributed by atoms with Gasteiger partial charge in [0, 0.05) is 31.2 Å². The Bertz CT molecular complexity index is 977. The number of fused-ring (bicyclic) bond motifs is 1. The quantitative estimate of drug-likeness (QED) is 0.716. The van der Waals surface area contributed by atoms with Crippen molar-refractivity contribution >= 4 is 17.3 Å². The van der Waals surface area contributed by atoms with E-state index >= 15 is 0 Å². The summed E-state index contributed by atoms with van der Waals surface area (Å²) < 4.78 is 1.66. The molecule has 0 spiro atoms. The number of hydrogen-bond acceptors (Lipinski definition) is 4. The fourth-order valence-electron chi connectivity index (χ4n) is 3.63. The third-order valence-corrected chi connectivity index (χ3v) is 5.11. The molecule has 7 heteroatoms. The van der Waals surface area contributed by atoms with Gasteiger partial charge in [0.25, 0.3) is 11.8 Å². The summed E-state index contributed by atoms with van der Waals surface area (Å²) in [4.78, 5) is 33.9. The highest BCUT2D eigenvalue weighted by Crippen LogP contribution is 2.19. The summed E-state index contributed by atoms with van der Waals surface area (Å²) in [6.45, 7) is 0.368. The molecule has 0 radical (unpaired) electrons. The van der Waals surface area contributed by atoms with E-state index in [4.69, 9.17) is 0 Å². The van der Waals surface area contributed by atoms with Gasteiger partial charge < -0.3 is 10.6 Å². The topological polar surface area (TPSA) is 88.4 Å². The second-order valence-electron chi connectivity index (χ2n) is 7.09. The normalized spacial score (nSPS) is 14.7. The number of imidazole rings is 1. The van der Waals surface area contributed by atoms with Crippen LogP contribution in [0.4, 0.5) is 0 Å². The minimum Gasteiger partial charge on any atom is -0.348 e. The van der Waals surface area contributed by atoms with Gasteiger partial charge in [-0.05, 0) is 42.7 Å². The van der Waals surface area contributed by atoms with Crippen LogP contribution in [0.3, 0.4) is 0 Å². The maximum atomic E-state index is 12.8. The van der Waals surface area contributed by atoms with Crippen LogP contribution in [0.2, 0.25) is 0 Å². The van der Waals surface area contributed by atoms with E-state index in [0.717, 1.165) is 31.2 Å². The second-order valence-corrected chi connectivity index (χ2v) is 7.09. The van der Waals surface area contributed by atoms with Gasteiger partial charge in [0.1, 0.15) is 0 Å². The van der Waals surface area contributed by atoms with E-state index in [-0.39, 0.29) is 23.7 Å². The Labute approximate surface area is 163 Å². The highest BCUT2D eigenvalue weighted by Gasteiger charge is 2.23. The molecule has 2 N–H and O–H groups in total. The molecule has 0 bridgehead atoms. The van der Waals surface area contributed by atoms with Gasteiger partial charge in [0.05, 0.1) is 5.52 Å². The van der Waals surface area contributed by atoms with Crippen molar-refractivity contribution in [2.75, 3.05) is 0 Å². The third-order valence-electron chi connectivity index (χ3n) is 5.11. The number of nitrogens with one attached hydrogen (secondary N) is 2. The van der Waals surface area contributed by atoms with Crippen molar-refractivity contribution in [1.82, 2.24) is 25.0 Å². The van der Waals surface area contributed by atoms with Crippen molar-refractivity contribution < 1.29 is 9.59 Å². The molecule has 2 amide bonds. The molecule has 0 aromatic carbocycles. The van der Waals surface area contributed by atoms with Gasteiger partial charge >= 0.3 is 0 Å². The number of carbonyl (C=O) groups excluding carboxylic acids is 2. The summed E-state index contributed by atoms with van der Waals surface area (Å²) >= 11 is 0. The summed E-state index contributed by atoms with van der Waals surface area (Å²) in [7, 11) is 0. The second kappa shape index (κ2) is 8.21. The predicted octanol–water partition coefficient (Wildman–Crippen LogP) is 2.72. The van der Waals surface area contributed by atoms with Gasteiger partial charge in [-0.15, -0.1) is 0 Å². The molecular weight excluding hydrogens is 354 g/mol. The van der Waals surface area contributed by atoms with Crippen LogP contribution in [0.25, 0.3) is 5.52 Å². The lowest BCUT2D eigenvalue weighted by Gasteiger charge is -2.22. The third kappa shape index (κ3) is 3.88. The van der Waals surface area contributed by atoms with Crippen LogP contribution < -0.4 is 10.6 Å². The summed E-state index contributed by atoms with van der Waals surface area (Å²) in [5, 5.41) is 5.94. The molecule has 3 heterocycles. The van der Waals surface area contributed by atoms with E-state index in [2.05, 4.69) is 20.6 Å². The molecular formula is C21H23N5O2. The van der Waals surface area contributed by atoms with Crippen LogP contribution in [0.1, 0.15) is 58.8 Å². The molecule has 4 rings (SSSR count). The fraction of sp³-hybridized carbons (Fsp3) is 0.333. The summed E-state index contributed by atoms with van der Waals surface area (Å²) in [5.74, 6) is -0.336. The summed E-state index contributed by atoms with van der Waals surface area (Å²) in [6.07, 6.45) is 10.6. The van der Waals surface area contributed by atoms with Crippen LogP contribution in [-0.4, -0.2) is 32.2 Å². The summed E-state index contributed by atoms with van der Waals surface area (Å²) in [6, 6.07) is 9.33. The van der Waals surface area contributed by atoms with Gasteiger partial charge in [-0.25, -0.2) is 4.98 Å². The number of carbonyl (C=O) groups is 2. The number of nitrogens with zero attached hydrogens (tertiary/aromatic N) is 3. The number of rotatable bonds is 5. The molecule has 144 valence electrons. The minimum atomic E-state index is -0.324. The van der Waals surface area contributed by atoms with Crippen LogP contribution in [0.15, 0.2) is 48.9 Å². The van der Waals surface area contributed by atoms with Gasteiger partial charge in [0.15, 0.2) is 5.69 Å². The molecule has 0 atom stereocenters. The lowest BCUT2D eigenvalue weighted by Crippen LogP contribution is -2.36. The van der Waals surface area contributed by atoms with Gasteiger partial charge in [-0.1, -0.05) is 25.3 Å². The van der Waals surface area contributed by atoms with E-state index in [9.17, 15) is 9.59 Å². The number of amides is 2. The van der Waals surface area contributed by atoms with Gasteiger partial charge in [-0.2, -0.15) is 0 Å². The molecule has 0 unspecified atom stereocenters. The Morgan fingerprint density at radius 2 is 1.82 bits per heavy atom. The molecule has 0 saturated heterocycles. The van der Waals surface area contributed by atoms with Crippen molar-refractivity contribution in [3.63, 3.8) is 0 Å². The zero-order valence-electron chi connectivity index (χ0n) is 15.6. The molecule has 7 nitrogen and oxygen atoms in total. The molecule has 0 aliphatic heterocycles. The van der Waals surface area contributed by atoms with Crippen molar-refractivity contribution in [2.24, 2.45) is 0 Å². The molecule has 1 aliphatic rings. The zero-order valence-corrected chi connectivity index (χ0v) is 15.6. The van der Waals surface area contributed by atoms with E-state index in [0.29, 0.717) is 17.8 Å². The highest BCUT2D eigenvalue weighted by atomic mass is 16.2. The summed E-state index contributed by atoms with van der Waals surface area (Å²) in [5.41, 5.74) is 1.87. The van der Waals surface area contributed by atoms with Gasteiger partial charge in [-0.3, -0.25) is 19.0 Å². The first kappa shape index (κ1) is 18.2. The number of pyridine rings is 2. The fourth-order valence-corrected chi connectivity index (χ4v) is 3.63. The largest absolute Gasteiger partial charge is 0.348 e. The van der Waals surface area contributed by atoms with Crippen molar-refractivity contribution in [2.45, 2.75) is 44.7 Å². The Kier molecular flexibility index (Phi) is 5.32. The molecule has 3 aromatic heterocycles. The smallest absolute Gasteiger partial charge is 0.287 e. The SMILES string of the molecule is O=C(NC1CCCCC1)c1nc(C(=O)NCc2ccncc2)n2ccccc12. The Hall–Kier alpha value is -3.22. The van der Waals surface area contributed by atoms with Gasteiger partial charge in [0.2, 0.25) is 5.82 Å². The maximum Gasteiger partial charge on any atom is 0.287 e. The first-order valence-electron chi connectivity index (χ1n) is 9.67. The van der Waals surface area contributed by atoms with Crippen LogP contribution >= 0.6 is 0 Å². The van der Waals surface area contributed by atoms with Crippen molar-refractivity contribution in [1.29, 1.82) is 0 Å². The molecule has 3 aromatic rings. The Morgan fingerprint density at radius 3 is 2.61 bits per heavy atom. The number of hydrogen-bond donors (Lipinski definition) is 2. The predicted molar refractivity (Wildman–Crippen MR) is 105 cm³/mol. The molecule has 1 saturated carbocycles. The zero-order chi connectivity index (χ0) is 19.3. The standard InChI is InChI=1S/C21H23N5O2/c27-20(24-16-6-2-1-3-7-16)18-17-8-4-5-13-26(17)19(25-18)21(28)23-14-15-9-11-22-12-10-15/h4-5,8-13,16H,1-3,6-7,14H2,(H,23,28)(H,24,27). The van der Waals surface area contributed by atoms with Crippen LogP contribution in [0.5, 0.6) is 0 Å². The van der Waals surface area contributed by atoms with E-state index in [1.165, 1.54) is 6.42 Å².